The first-order valence-corrected chi connectivity index (χ1v) is 7.44. The molecule has 0 aliphatic heterocycles. The summed E-state index contributed by atoms with van der Waals surface area (Å²) in [5.74, 6) is 0.184. The maximum atomic E-state index is 11.7. The molecule has 1 unspecified atom stereocenters. The third-order valence-corrected chi connectivity index (χ3v) is 4.05. The fourth-order valence-electron chi connectivity index (χ4n) is 2.59. The van der Waals surface area contributed by atoms with Crippen LogP contribution in [0.25, 0.3) is 0 Å². The molecule has 116 valence electrons. The summed E-state index contributed by atoms with van der Waals surface area (Å²) in [6.07, 6.45) is 2.07. The second-order valence-corrected chi connectivity index (χ2v) is 7.07. The number of carbonyl (C=O) groups excluding carboxylic acids is 1. The quantitative estimate of drug-likeness (QED) is 0.640. The molecule has 1 fully saturated rings. The minimum Gasteiger partial charge on any atom is -0.481 e. The van der Waals surface area contributed by atoms with E-state index in [1.807, 2.05) is 0 Å². The number of carbonyl (C=O) groups is 2. The maximum Gasteiger partial charge on any atom is 0.314 e. The highest BCUT2D eigenvalue weighted by Gasteiger charge is 2.45. The molecule has 0 aromatic rings. The number of nitrogens with one attached hydrogen (secondary N) is 2. The molecule has 2 atom stereocenters. The lowest BCUT2D eigenvalue weighted by Crippen LogP contribution is -2.40. The van der Waals surface area contributed by atoms with Gasteiger partial charge < -0.3 is 15.7 Å². The van der Waals surface area contributed by atoms with Crippen molar-refractivity contribution in [2.75, 3.05) is 13.1 Å². The van der Waals surface area contributed by atoms with Crippen molar-refractivity contribution in [2.24, 2.45) is 23.2 Å². The molecule has 0 spiro atoms. The smallest absolute Gasteiger partial charge is 0.314 e. The molecule has 0 saturated heterocycles. The van der Waals surface area contributed by atoms with E-state index in [1.165, 1.54) is 0 Å². The maximum absolute atomic E-state index is 11.7. The van der Waals surface area contributed by atoms with Gasteiger partial charge in [0, 0.05) is 19.5 Å². The highest BCUT2D eigenvalue weighted by molar-refractivity contribution is 5.74. The minimum atomic E-state index is -0.808. The van der Waals surface area contributed by atoms with Gasteiger partial charge in [0.1, 0.15) is 0 Å². The third kappa shape index (κ3) is 6.26. The molecule has 0 aromatic carbocycles. The van der Waals surface area contributed by atoms with Gasteiger partial charge in [-0.25, -0.2) is 4.79 Å². The van der Waals surface area contributed by atoms with E-state index in [-0.39, 0.29) is 18.4 Å². The fourth-order valence-corrected chi connectivity index (χ4v) is 2.59. The Morgan fingerprint density at radius 2 is 1.90 bits per heavy atom. The minimum absolute atomic E-state index is 0.00406. The number of carboxylic acids is 1. The molecular formula is C15H28N2O3. The van der Waals surface area contributed by atoms with Crippen molar-refractivity contribution in [3.63, 3.8) is 0 Å². The molecule has 0 aromatic heterocycles. The molecule has 5 heteroatoms. The third-order valence-electron chi connectivity index (χ3n) is 4.05. The van der Waals surface area contributed by atoms with Gasteiger partial charge in [0.25, 0.3) is 0 Å². The molecule has 1 aliphatic rings. The number of aliphatic carboxylic acids is 1. The van der Waals surface area contributed by atoms with Crippen molar-refractivity contribution in [3.05, 3.63) is 0 Å². The summed E-state index contributed by atoms with van der Waals surface area (Å²) in [6, 6.07) is -0.188. The topological polar surface area (TPSA) is 78.4 Å². The summed E-state index contributed by atoms with van der Waals surface area (Å²) in [4.78, 5) is 22.5. The summed E-state index contributed by atoms with van der Waals surface area (Å²) in [6.45, 7) is 9.64. The Hall–Kier alpha value is -1.26. The predicted molar refractivity (Wildman–Crippen MR) is 78.5 cm³/mol. The van der Waals surface area contributed by atoms with Crippen molar-refractivity contribution in [1.29, 1.82) is 0 Å². The van der Waals surface area contributed by atoms with E-state index in [4.69, 9.17) is 5.11 Å². The Morgan fingerprint density at radius 1 is 1.30 bits per heavy atom. The van der Waals surface area contributed by atoms with Gasteiger partial charge in [-0.2, -0.15) is 0 Å². The molecule has 20 heavy (non-hydrogen) atoms. The highest BCUT2D eigenvalue weighted by atomic mass is 16.4. The standard InChI is InChI=1S/C15H28N2O3/c1-10(2)5-11(6-13(18)19)8-16-14(20)17-9-12-7-15(12,3)4/h10-12H,5-9H2,1-4H3,(H,18,19)(H2,16,17,20)/t11-,12?/m0/s1. The molecule has 5 nitrogen and oxygen atoms in total. The van der Waals surface area contributed by atoms with Gasteiger partial charge in [-0.1, -0.05) is 27.7 Å². The van der Waals surface area contributed by atoms with Crippen molar-refractivity contribution in [1.82, 2.24) is 10.6 Å². The summed E-state index contributed by atoms with van der Waals surface area (Å²) in [7, 11) is 0. The Labute approximate surface area is 121 Å². The van der Waals surface area contributed by atoms with E-state index in [2.05, 4.69) is 38.3 Å². The Bertz CT molecular complexity index is 353. The van der Waals surface area contributed by atoms with Crippen LogP contribution in [0.2, 0.25) is 0 Å². The monoisotopic (exact) mass is 284 g/mol. The van der Waals surface area contributed by atoms with Crippen LogP contribution in [-0.2, 0) is 4.79 Å². The number of carboxylic acid groups (broad SMARTS) is 1. The number of hydrogen-bond donors (Lipinski definition) is 3. The van der Waals surface area contributed by atoms with E-state index in [0.717, 1.165) is 12.8 Å². The van der Waals surface area contributed by atoms with Crippen LogP contribution in [0, 0.1) is 23.2 Å². The summed E-state index contributed by atoms with van der Waals surface area (Å²) in [5, 5.41) is 14.5. The van der Waals surface area contributed by atoms with Crippen LogP contribution in [0.4, 0.5) is 4.79 Å². The van der Waals surface area contributed by atoms with Crippen LogP contribution in [0.1, 0.15) is 47.0 Å². The second kappa shape index (κ2) is 6.95. The lowest BCUT2D eigenvalue weighted by Gasteiger charge is -2.18. The van der Waals surface area contributed by atoms with Crippen LogP contribution in [0.5, 0.6) is 0 Å². The lowest BCUT2D eigenvalue weighted by molar-refractivity contribution is -0.138. The molecule has 0 radical (unpaired) electrons. The van der Waals surface area contributed by atoms with Crippen molar-refractivity contribution < 1.29 is 14.7 Å². The van der Waals surface area contributed by atoms with Gasteiger partial charge in [-0.05, 0) is 36.0 Å². The molecule has 3 N–H and O–H groups in total. The first-order chi connectivity index (χ1) is 9.20. The van der Waals surface area contributed by atoms with Crippen LogP contribution in [-0.4, -0.2) is 30.2 Å². The highest BCUT2D eigenvalue weighted by Crippen LogP contribution is 2.50. The van der Waals surface area contributed by atoms with Crippen molar-refractivity contribution in [2.45, 2.75) is 47.0 Å². The summed E-state index contributed by atoms with van der Waals surface area (Å²) >= 11 is 0. The molecule has 0 heterocycles. The fraction of sp³-hybridized carbons (Fsp3) is 0.867. The Morgan fingerprint density at radius 3 is 2.35 bits per heavy atom. The van der Waals surface area contributed by atoms with Gasteiger partial charge in [0.05, 0.1) is 0 Å². The second-order valence-electron chi connectivity index (χ2n) is 7.07. The average molecular weight is 284 g/mol. The van der Waals surface area contributed by atoms with E-state index in [0.29, 0.717) is 30.3 Å². The number of amides is 2. The van der Waals surface area contributed by atoms with Crippen LogP contribution in [0.15, 0.2) is 0 Å². The van der Waals surface area contributed by atoms with Gasteiger partial charge in [-0.15, -0.1) is 0 Å². The zero-order chi connectivity index (χ0) is 15.3. The normalized spacial score (nSPS) is 21.4. The van der Waals surface area contributed by atoms with E-state index < -0.39 is 5.97 Å². The Kier molecular flexibility index (Phi) is 5.84. The van der Waals surface area contributed by atoms with Crippen LogP contribution in [0.3, 0.4) is 0 Å². The molecule has 1 aliphatic carbocycles. The lowest BCUT2D eigenvalue weighted by atomic mass is 9.94. The van der Waals surface area contributed by atoms with Crippen LogP contribution < -0.4 is 10.6 Å². The van der Waals surface area contributed by atoms with Gasteiger partial charge >= 0.3 is 12.0 Å². The zero-order valence-corrected chi connectivity index (χ0v) is 13.0. The first-order valence-electron chi connectivity index (χ1n) is 7.44. The predicted octanol–water partition coefficient (Wildman–Crippen LogP) is 2.47. The number of rotatable bonds is 8. The molecule has 2 amide bonds. The molecule has 1 saturated carbocycles. The van der Waals surface area contributed by atoms with E-state index in [9.17, 15) is 9.59 Å². The first kappa shape index (κ1) is 16.8. The molecule has 0 bridgehead atoms. The summed E-state index contributed by atoms with van der Waals surface area (Å²) < 4.78 is 0. The SMILES string of the molecule is CC(C)C[C@H](CNC(=O)NCC1CC1(C)C)CC(=O)O. The number of urea groups is 1. The van der Waals surface area contributed by atoms with Crippen molar-refractivity contribution in [3.8, 4) is 0 Å². The van der Waals surface area contributed by atoms with E-state index in [1.54, 1.807) is 0 Å². The van der Waals surface area contributed by atoms with Gasteiger partial charge in [0.15, 0.2) is 0 Å². The molecular weight excluding hydrogens is 256 g/mol. The van der Waals surface area contributed by atoms with Crippen LogP contribution >= 0.6 is 0 Å². The zero-order valence-electron chi connectivity index (χ0n) is 13.0. The van der Waals surface area contributed by atoms with Gasteiger partial charge in [-0.3, -0.25) is 4.79 Å². The largest absolute Gasteiger partial charge is 0.481 e. The Balaban J connectivity index is 2.23. The van der Waals surface area contributed by atoms with Crippen molar-refractivity contribution >= 4 is 12.0 Å². The summed E-state index contributed by atoms with van der Waals surface area (Å²) in [5.41, 5.74) is 0.358. The van der Waals surface area contributed by atoms with E-state index >= 15 is 0 Å². The number of hydrogen-bond acceptors (Lipinski definition) is 2. The van der Waals surface area contributed by atoms with Gasteiger partial charge in [0.2, 0.25) is 0 Å². The molecule has 1 rings (SSSR count). The average Bonchev–Trinajstić information content (AvgIpc) is 2.90.